The van der Waals surface area contributed by atoms with E-state index < -0.39 is 30.4 Å². The van der Waals surface area contributed by atoms with Gasteiger partial charge in [-0.2, -0.15) is 0 Å². The molecule has 1 aromatic carbocycles. The molecule has 4 N–H and O–H groups in total. The van der Waals surface area contributed by atoms with Crippen molar-refractivity contribution in [3.05, 3.63) is 46.1 Å². The van der Waals surface area contributed by atoms with Gasteiger partial charge in [-0.3, -0.25) is 9.36 Å². The van der Waals surface area contributed by atoms with Crippen LogP contribution >= 0.6 is 22.6 Å². The Bertz CT molecular complexity index is 1040. The molecule has 4 rings (SSSR count). The monoisotopic (exact) mass is 510 g/mol. The van der Waals surface area contributed by atoms with Gasteiger partial charge in [0.15, 0.2) is 29.3 Å². The number of nitrogens with zero attached hydrogens (tertiary/aromatic N) is 4. The average Bonchev–Trinajstić information content (AvgIpc) is 3.28. The van der Waals surface area contributed by atoms with Crippen LogP contribution in [0.1, 0.15) is 11.8 Å². The van der Waals surface area contributed by atoms with Crippen molar-refractivity contribution < 1.29 is 19.7 Å². The molecule has 0 bridgehead atoms. The molecule has 2 aromatic heterocycles. The van der Waals surface area contributed by atoms with Gasteiger partial charge in [0.05, 0.1) is 6.33 Å². The highest BCUT2D eigenvalue weighted by molar-refractivity contribution is 14.1. The zero-order chi connectivity index (χ0) is 20.5. The highest BCUT2D eigenvalue weighted by Crippen LogP contribution is 2.32. The lowest BCUT2D eigenvalue weighted by atomic mass is 10.1. The molecule has 0 saturated carbocycles. The van der Waals surface area contributed by atoms with E-state index in [-0.39, 0.29) is 0 Å². The van der Waals surface area contributed by atoms with Crippen LogP contribution in [0.3, 0.4) is 0 Å². The third-order valence-corrected chi connectivity index (χ3v) is 5.40. The molecule has 3 heterocycles. The fraction of sp³-hybridized carbons (Fsp3) is 0.333. The van der Waals surface area contributed by atoms with Gasteiger partial charge in [0.25, 0.3) is 5.91 Å². The van der Waals surface area contributed by atoms with Crippen LogP contribution in [0.2, 0.25) is 0 Å². The Morgan fingerprint density at radius 1 is 1.28 bits per heavy atom. The zero-order valence-corrected chi connectivity index (χ0v) is 17.5. The van der Waals surface area contributed by atoms with Gasteiger partial charge in [-0.1, -0.05) is 12.1 Å². The number of hydrogen-bond donors (Lipinski definition) is 4. The summed E-state index contributed by atoms with van der Waals surface area (Å²) in [6.45, 7) is 0.551. The number of carbonyl (C=O) groups excluding carboxylic acids is 1. The number of aliphatic hydroxyl groups excluding tert-OH is 2. The molecule has 0 aliphatic carbocycles. The van der Waals surface area contributed by atoms with Crippen molar-refractivity contribution in [2.45, 2.75) is 31.1 Å². The quantitative estimate of drug-likeness (QED) is 0.363. The first-order valence-corrected chi connectivity index (χ1v) is 9.96. The van der Waals surface area contributed by atoms with E-state index in [0.717, 1.165) is 9.13 Å². The third kappa shape index (κ3) is 3.77. The van der Waals surface area contributed by atoms with Crippen LogP contribution in [-0.2, 0) is 16.1 Å². The third-order valence-electron chi connectivity index (χ3n) is 4.73. The number of fused-ring (bicyclic) bond motifs is 1. The van der Waals surface area contributed by atoms with E-state index >= 15 is 0 Å². The van der Waals surface area contributed by atoms with E-state index in [1.54, 1.807) is 0 Å². The maximum absolute atomic E-state index is 11.9. The lowest BCUT2D eigenvalue weighted by Crippen LogP contribution is -2.41. The number of hydrogen-bond acceptors (Lipinski definition) is 8. The van der Waals surface area contributed by atoms with E-state index in [1.165, 1.54) is 24.3 Å². The van der Waals surface area contributed by atoms with Gasteiger partial charge >= 0.3 is 0 Å². The molecule has 10 nitrogen and oxygen atoms in total. The molecule has 1 aliphatic rings. The summed E-state index contributed by atoms with van der Waals surface area (Å²) in [6, 6.07) is 8.07. The predicted octanol–water partition coefficient (Wildman–Crippen LogP) is 0.408. The maximum atomic E-state index is 11.9. The van der Waals surface area contributed by atoms with Crippen molar-refractivity contribution in [1.29, 1.82) is 0 Å². The number of amides is 1. The average molecular weight is 510 g/mol. The maximum Gasteiger partial charge on any atom is 0.251 e. The summed E-state index contributed by atoms with van der Waals surface area (Å²) in [4.78, 5) is 24.7. The van der Waals surface area contributed by atoms with Crippen molar-refractivity contribution in [1.82, 2.24) is 24.8 Å². The number of rotatable bonds is 5. The van der Waals surface area contributed by atoms with Crippen LogP contribution in [0.25, 0.3) is 11.2 Å². The number of nitrogens with one attached hydrogen (secondary N) is 2. The molecule has 1 amide bonds. The largest absolute Gasteiger partial charge is 0.387 e. The number of benzene rings is 1. The van der Waals surface area contributed by atoms with Crippen molar-refractivity contribution in [3.63, 3.8) is 0 Å². The van der Waals surface area contributed by atoms with Gasteiger partial charge in [-0.15, -0.1) is 0 Å². The molecule has 4 atom stereocenters. The molecule has 152 valence electrons. The van der Waals surface area contributed by atoms with Crippen LogP contribution in [0.15, 0.2) is 36.9 Å². The molecule has 1 aliphatic heterocycles. The number of halogens is 1. The molecule has 1 saturated heterocycles. The predicted molar refractivity (Wildman–Crippen MR) is 112 cm³/mol. The Morgan fingerprint density at radius 3 is 2.86 bits per heavy atom. The molecule has 11 heteroatoms. The van der Waals surface area contributed by atoms with Crippen molar-refractivity contribution in [3.8, 4) is 0 Å². The van der Waals surface area contributed by atoms with Gasteiger partial charge in [-0.25, -0.2) is 15.0 Å². The molecule has 3 aromatic rings. The SMILES string of the molecule is CNC(=O)[C@@H]1O[C@H](n2cnc3c(NCc4cccc(I)c4)ncnc32)[C@@H](O)[C@H]1O. The molecular formula is C18H19IN6O4. The Kier molecular flexibility index (Phi) is 5.63. The fourth-order valence-electron chi connectivity index (χ4n) is 3.25. The highest BCUT2D eigenvalue weighted by Gasteiger charge is 2.47. The van der Waals surface area contributed by atoms with Gasteiger partial charge in [-0.05, 0) is 40.3 Å². The normalized spacial score (nSPS) is 24.0. The number of aromatic nitrogens is 4. The molecule has 29 heavy (non-hydrogen) atoms. The van der Waals surface area contributed by atoms with Gasteiger partial charge in [0, 0.05) is 17.2 Å². The summed E-state index contributed by atoms with van der Waals surface area (Å²) in [5.41, 5.74) is 2.00. The minimum absolute atomic E-state index is 0.416. The van der Waals surface area contributed by atoms with Gasteiger partial charge in [0.1, 0.15) is 18.5 Å². The summed E-state index contributed by atoms with van der Waals surface area (Å²) in [5, 5.41) is 26.2. The first kappa shape index (κ1) is 19.9. The number of carbonyl (C=O) groups is 1. The first-order valence-electron chi connectivity index (χ1n) is 8.88. The van der Waals surface area contributed by atoms with Gasteiger partial charge in [0.2, 0.25) is 0 Å². The van der Waals surface area contributed by atoms with Crippen molar-refractivity contribution in [2.75, 3.05) is 12.4 Å². The molecule has 0 radical (unpaired) electrons. The smallest absolute Gasteiger partial charge is 0.251 e. The minimum atomic E-state index is -1.36. The lowest BCUT2D eigenvalue weighted by molar-refractivity contribution is -0.137. The van der Waals surface area contributed by atoms with E-state index in [1.807, 2.05) is 18.2 Å². The van der Waals surface area contributed by atoms with Crippen LogP contribution in [0.5, 0.6) is 0 Å². The highest BCUT2D eigenvalue weighted by atomic mass is 127. The van der Waals surface area contributed by atoms with Crippen molar-refractivity contribution in [2.24, 2.45) is 0 Å². The van der Waals surface area contributed by atoms with Crippen LogP contribution < -0.4 is 10.6 Å². The summed E-state index contributed by atoms with van der Waals surface area (Å²) in [7, 11) is 1.43. The van der Waals surface area contributed by atoms with E-state index in [9.17, 15) is 15.0 Å². The van der Waals surface area contributed by atoms with Crippen LogP contribution in [-0.4, -0.2) is 61.0 Å². The second kappa shape index (κ2) is 8.18. The summed E-state index contributed by atoms with van der Waals surface area (Å²) >= 11 is 2.26. The second-order valence-corrected chi connectivity index (χ2v) is 7.82. The number of likely N-dealkylation sites (N-methyl/N-ethyl adjacent to an activating group) is 1. The molecule has 1 fully saturated rings. The van der Waals surface area contributed by atoms with E-state index in [0.29, 0.717) is 23.5 Å². The Hall–Kier alpha value is -2.35. The van der Waals surface area contributed by atoms with Gasteiger partial charge < -0.3 is 25.6 Å². The first-order chi connectivity index (χ1) is 14.0. The van der Waals surface area contributed by atoms with Crippen LogP contribution in [0.4, 0.5) is 5.82 Å². The fourth-order valence-corrected chi connectivity index (χ4v) is 3.86. The van der Waals surface area contributed by atoms with Crippen LogP contribution in [0, 0.1) is 3.57 Å². The lowest BCUT2D eigenvalue weighted by Gasteiger charge is -2.16. The minimum Gasteiger partial charge on any atom is -0.387 e. The van der Waals surface area contributed by atoms with Crippen molar-refractivity contribution >= 4 is 45.5 Å². The summed E-state index contributed by atoms with van der Waals surface area (Å²) in [6.07, 6.45) is -2.04. The Morgan fingerprint density at radius 2 is 2.10 bits per heavy atom. The molecular weight excluding hydrogens is 491 g/mol. The molecule has 0 spiro atoms. The number of imidazole rings is 1. The number of anilines is 1. The topological polar surface area (TPSA) is 134 Å². The number of aliphatic hydroxyl groups is 2. The standard InChI is InChI=1S/C18H19IN6O4/c1-20-17(28)14-12(26)13(27)18(29-14)25-8-24-11-15(22-7-23-16(11)25)21-6-9-3-2-4-10(19)5-9/h2-5,7-8,12-14,18,26-27H,6H2,1H3,(H,20,28)(H,21,22,23)/t12-,13+,14-,18+/m1/s1. The van der Waals surface area contributed by atoms with E-state index in [2.05, 4.69) is 54.2 Å². The summed E-state index contributed by atoms with van der Waals surface area (Å²) in [5.74, 6) is 0.0152. The summed E-state index contributed by atoms with van der Waals surface area (Å²) < 4.78 is 8.23. The number of ether oxygens (including phenoxy) is 1. The Labute approximate surface area is 179 Å². The Balaban J connectivity index is 1.60. The molecule has 0 unspecified atom stereocenters. The zero-order valence-electron chi connectivity index (χ0n) is 15.4. The second-order valence-electron chi connectivity index (χ2n) is 6.57. The van der Waals surface area contributed by atoms with E-state index in [4.69, 9.17) is 4.74 Å².